The average molecular weight is 277 g/mol. The number of furan rings is 1. The second-order valence-electron chi connectivity index (χ2n) is 5.83. The van der Waals surface area contributed by atoms with E-state index in [0.29, 0.717) is 12.0 Å². The first kappa shape index (κ1) is 12.7. The standard InChI is InChI=1S/C19H19NO/c1-2-6-14(7-3-1)12-17-16(10-11-20-17)19-13-15-8-4-5-9-18(15)21-19/h1-9,13,16-17,20H,10-12H2. The van der Waals surface area contributed by atoms with Crippen molar-refractivity contribution in [3.63, 3.8) is 0 Å². The SMILES string of the molecule is c1ccc(CC2NCCC2c2cc3ccccc3o2)cc1. The average Bonchev–Trinajstić information content (AvgIpc) is 3.14. The maximum atomic E-state index is 6.08. The van der Waals surface area contributed by atoms with Crippen LogP contribution in [-0.4, -0.2) is 12.6 Å². The molecule has 2 heterocycles. The van der Waals surface area contributed by atoms with Crippen LogP contribution >= 0.6 is 0 Å². The van der Waals surface area contributed by atoms with Crippen LogP contribution in [0.2, 0.25) is 0 Å². The molecule has 1 fully saturated rings. The van der Waals surface area contributed by atoms with Gasteiger partial charge in [0.15, 0.2) is 0 Å². The summed E-state index contributed by atoms with van der Waals surface area (Å²) in [5, 5.41) is 4.84. The molecule has 0 saturated carbocycles. The summed E-state index contributed by atoms with van der Waals surface area (Å²) in [7, 11) is 0. The molecular weight excluding hydrogens is 258 g/mol. The highest BCUT2D eigenvalue weighted by Gasteiger charge is 2.30. The first-order chi connectivity index (χ1) is 10.4. The lowest BCUT2D eigenvalue weighted by Gasteiger charge is -2.17. The lowest BCUT2D eigenvalue weighted by Crippen LogP contribution is -2.28. The van der Waals surface area contributed by atoms with Crippen LogP contribution < -0.4 is 5.32 Å². The highest BCUT2D eigenvalue weighted by Crippen LogP contribution is 2.33. The van der Waals surface area contributed by atoms with Crippen molar-refractivity contribution in [1.82, 2.24) is 5.32 Å². The molecule has 2 heteroatoms. The minimum absolute atomic E-state index is 0.466. The molecule has 21 heavy (non-hydrogen) atoms. The van der Waals surface area contributed by atoms with Gasteiger partial charge in [0.1, 0.15) is 11.3 Å². The van der Waals surface area contributed by atoms with Gasteiger partial charge in [-0.3, -0.25) is 0 Å². The number of hydrogen-bond acceptors (Lipinski definition) is 2. The van der Waals surface area contributed by atoms with E-state index in [9.17, 15) is 0 Å². The van der Waals surface area contributed by atoms with Gasteiger partial charge in [0.25, 0.3) is 0 Å². The zero-order chi connectivity index (χ0) is 14.1. The van der Waals surface area contributed by atoms with Crippen molar-refractivity contribution in [3.8, 4) is 0 Å². The van der Waals surface area contributed by atoms with Crippen molar-refractivity contribution in [2.45, 2.75) is 24.8 Å². The Hall–Kier alpha value is -2.06. The van der Waals surface area contributed by atoms with Crippen molar-refractivity contribution in [3.05, 3.63) is 72.0 Å². The third-order valence-electron chi connectivity index (χ3n) is 4.46. The third-order valence-corrected chi connectivity index (χ3v) is 4.46. The van der Waals surface area contributed by atoms with Gasteiger partial charge < -0.3 is 9.73 Å². The van der Waals surface area contributed by atoms with Crippen molar-refractivity contribution in [1.29, 1.82) is 0 Å². The first-order valence-corrected chi connectivity index (χ1v) is 7.66. The minimum atomic E-state index is 0.466. The number of rotatable bonds is 3. The molecule has 106 valence electrons. The molecule has 1 N–H and O–H groups in total. The predicted molar refractivity (Wildman–Crippen MR) is 85.5 cm³/mol. The van der Waals surface area contributed by atoms with Crippen LogP contribution in [0.25, 0.3) is 11.0 Å². The summed E-state index contributed by atoms with van der Waals surface area (Å²) in [6.45, 7) is 1.07. The molecule has 1 saturated heterocycles. The van der Waals surface area contributed by atoms with Crippen LogP contribution in [0.15, 0.2) is 65.1 Å². The number of benzene rings is 2. The predicted octanol–water partition coefficient (Wildman–Crippen LogP) is 4.12. The molecule has 4 rings (SSSR count). The molecule has 2 aromatic carbocycles. The maximum absolute atomic E-state index is 6.08. The van der Waals surface area contributed by atoms with Crippen LogP contribution in [0.3, 0.4) is 0 Å². The normalized spacial score (nSPS) is 21.9. The quantitative estimate of drug-likeness (QED) is 0.779. The summed E-state index contributed by atoms with van der Waals surface area (Å²) in [6.07, 6.45) is 2.21. The Morgan fingerprint density at radius 2 is 1.81 bits per heavy atom. The molecule has 2 nitrogen and oxygen atoms in total. The van der Waals surface area contributed by atoms with Gasteiger partial charge in [0, 0.05) is 17.3 Å². The van der Waals surface area contributed by atoms with Crippen LogP contribution in [0.4, 0.5) is 0 Å². The molecule has 1 aliphatic heterocycles. The van der Waals surface area contributed by atoms with E-state index >= 15 is 0 Å². The van der Waals surface area contributed by atoms with Crippen molar-refractivity contribution in [2.24, 2.45) is 0 Å². The van der Waals surface area contributed by atoms with E-state index in [1.165, 1.54) is 10.9 Å². The Bertz CT molecular complexity index is 698. The fourth-order valence-electron chi connectivity index (χ4n) is 3.38. The smallest absolute Gasteiger partial charge is 0.134 e. The second kappa shape index (κ2) is 5.38. The zero-order valence-corrected chi connectivity index (χ0v) is 12.0. The van der Waals surface area contributed by atoms with Gasteiger partial charge in [-0.05, 0) is 37.1 Å². The van der Waals surface area contributed by atoms with E-state index in [-0.39, 0.29) is 0 Å². The molecule has 0 bridgehead atoms. The van der Waals surface area contributed by atoms with Crippen molar-refractivity contribution >= 4 is 11.0 Å². The molecule has 2 unspecified atom stereocenters. The lowest BCUT2D eigenvalue weighted by molar-refractivity contribution is 0.447. The van der Waals surface area contributed by atoms with Crippen LogP contribution in [0.5, 0.6) is 0 Å². The Kier molecular flexibility index (Phi) is 3.24. The van der Waals surface area contributed by atoms with Gasteiger partial charge in [0.05, 0.1) is 0 Å². The van der Waals surface area contributed by atoms with Gasteiger partial charge in [-0.2, -0.15) is 0 Å². The van der Waals surface area contributed by atoms with E-state index in [1.54, 1.807) is 0 Å². The Morgan fingerprint density at radius 1 is 1.00 bits per heavy atom. The molecule has 3 aromatic rings. The summed E-state index contributed by atoms with van der Waals surface area (Å²) in [5.74, 6) is 1.60. The summed E-state index contributed by atoms with van der Waals surface area (Å²) in [5.41, 5.74) is 2.39. The van der Waals surface area contributed by atoms with Gasteiger partial charge in [0.2, 0.25) is 0 Å². The minimum Gasteiger partial charge on any atom is -0.461 e. The highest BCUT2D eigenvalue weighted by molar-refractivity contribution is 5.77. The number of para-hydroxylation sites is 1. The Labute approximate surface area is 124 Å². The summed E-state index contributed by atoms with van der Waals surface area (Å²) < 4.78 is 6.08. The summed E-state index contributed by atoms with van der Waals surface area (Å²) in [6, 6.07) is 21.7. The number of nitrogens with one attached hydrogen (secondary N) is 1. The molecule has 1 aromatic heterocycles. The third kappa shape index (κ3) is 2.47. The topological polar surface area (TPSA) is 25.2 Å². The van der Waals surface area contributed by atoms with Crippen LogP contribution in [-0.2, 0) is 6.42 Å². The molecule has 0 amide bonds. The first-order valence-electron chi connectivity index (χ1n) is 7.66. The maximum Gasteiger partial charge on any atom is 0.134 e. The molecular formula is C19H19NO. The highest BCUT2D eigenvalue weighted by atomic mass is 16.3. The molecule has 1 aliphatic rings. The summed E-state index contributed by atoms with van der Waals surface area (Å²) >= 11 is 0. The second-order valence-corrected chi connectivity index (χ2v) is 5.83. The largest absolute Gasteiger partial charge is 0.461 e. The molecule has 2 atom stereocenters. The van der Waals surface area contributed by atoms with Crippen molar-refractivity contribution in [2.75, 3.05) is 6.54 Å². The van der Waals surface area contributed by atoms with Gasteiger partial charge in [-0.25, -0.2) is 0 Å². The fraction of sp³-hybridized carbons (Fsp3) is 0.263. The van der Waals surface area contributed by atoms with Gasteiger partial charge in [-0.15, -0.1) is 0 Å². The molecule has 0 aliphatic carbocycles. The molecule has 0 radical (unpaired) electrons. The monoisotopic (exact) mass is 277 g/mol. The van der Waals surface area contributed by atoms with Crippen LogP contribution in [0.1, 0.15) is 23.7 Å². The zero-order valence-electron chi connectivity index (χ0n) is 12.0. The molecule has 0 spiro atoms. The Morgan fingerprint density at radius 3 is 2.67 bits per heavy atom. The number of hydrogen-bond donors (Lipinski definition) is 1. The van der Waals surface area contributed by atoms with Crippen molar-refractivity contribution < 1.29 is 4.42 Å². The van der Waals surface area contributed by atoms with Crippen LogP contribution in [0, 0.1) is 0 Å². The van der Waals surface area contributed by atoms with E-state index in [0.717, 1.165) is 30.7 Å². The Balaban J connectivity index is 1.61. The summed E-state index contributed by atoms with van der Waals surface area (Å²) in [4.78, 5) is 0. The van der Waals surface area contributed by atoms with E-state index in [1.807, 2.05) is 12.1 Å². The van der Waals surface area contributed by atoms with E-state index in [4.69, 9.17) is 4.42 Å². The van der Waals surface area contributed by atoms with Gasteiger partial charge in [-0.1, -0.05) is 48.5 Å². The fourth-order valence-corrected chi connectivity index (χ4v) is 3.38. The lowest BCUT2D eigenvalue weighted by atomic mass is 9.92. The van der Waals surface area contributed by atoms with E-state index in [2.05, 4.69) is 53.8 Å². The van der Waals surface area contributed by atoms with Gasteiger partial charge >= 0.3 is 0 Å². The number of fused-ring (bicyclic) bond motifs is 1. The van der Waals surface area contributed by atoms with E-state index < -0.39 is 0 Å².